The molecular weight excluding hydrogens is 348 g/mol. The monoisotopic (exact) mass is 376 g/mol. The Hall–Kier alpha value is -2.81. The van der Waals surface area contributed by atoms with Crippen molar-refractivity contribution in [3.05, 3.63) is 77.9 Å². The number of aliphatic carboxylic acids is 1. The van der Waals surface area contributed by atoms with Gasteiger partial charge < -0.3 is 10.2 Å². The van der Waals surface area contributed by atoms with Crippen LogP contribution in [0, 0.1) is 5.92 Å². The second-order valence-corrected chi connectivity index (χ2v) is 7.49. The number of carboxylic acids is 1. The lowest BCUT2D eigenvalue weighted by atomic mass is 9.82. The van der Waals surface area contributed by atoms with Gasteiger partial charge >= 0.3 is 5.97 Å². The molecule has 0 aliphatic rings. The van der Waals surface area contributed by atoms with Crippen molar-refractivity contribution >= 4 is 16.7 Å². The van der Waals surface area contributed by atoms with Gasteiger partial charge in [-0.2, -0.15) is 0 Å². The summed E-state index contributed by atoms with van der Waals surface area (Å²) in [4.78, 5) is 11.1. The van der Waals surface area contributed by atoms with Crippen LogP contribution in [-0.2, 0) is 4.79 Å². The maximum Gasteiger partial charge on any atom is 0.303 e. The SMILES string of the molecule is CCC(CCCC(c1ccccc1)c1c(O)ccc2ccccc12)CC(=O)O. The smallest absolute Gasteiger partial charge is 0.303 e. The van der Waals surface area contributed by atoms with Crippen LogP contribution in [0.1, 0.15) is 56.1 Å². The van der Waals surface area contributed by atoms with Crippen LogP contribution >= 0.6 is 0 Å². The zero-order valence-corrected chi connectivity index (χ0v) is 16.3. The van der Waals surface area contributed by atoms with Crippen molar-refractivity contribution in [2.45, 2.75) is 44.9 Å². The molecule has 0 aromatic heterocycles. The van der Waals surface area contributed by atoms with Crippen LogP contribution in [0.5, 0.6) is 5.75 Å². The summed E-state index contributed by atoms with van der Waals surface area (Å²) in [6, 6.07) is 22.2. The van der Waals surface area contributed by atoms with Gasteiger partial charge in [-0.15, -0.1) is 0 Å². The Morgan fingerprint density at radius 3 is 2.36 bits per heavy atom. The fourth-order valence-electron chi connectivity index (χ4n) is 4.12. The number of hydrogen-bond acceptors (Lipinski definition) is 2. The molecule has 3 nitrogen and oxygen atoms in total. The molecule has 0 spiro atoms. The third kappa shape index (κ3) is 4.72. The molecule has 2 atom stereocenters. The fourth-order valence-corrected chi connectivity index (χ4v) is 4.12. The van der Waals surface area contributed by atoms with Gasteiger partial charge in [0.1, 0.15) is 5.75 Å². The van der Waals surface area contributed by atoms with Gasteiger partial charge in [0.2, 0.25) is 0 Å². The van der Waals surface area contributed by atoms with Gasteiger partial charge in [-0.05, 0) is 41.2 Å². The first-order chi connectivity index (χ1) is 13.6. The molecule has 0 radical (unpaired) electrons. The molecule has 0 bridgehead atoms. The minimum Gasteiger partial charge on any atom is -0.508 e. The lowest BCUT2D eigenvalue weighted by molar-refractivity contribution is -0.138. The standard InChI is InChI=1S/C25H28O3/c1-2-18(17-24(27)28)9-8-14-22(19-10-4-3-5-11-19)25-21-13-7-6-12-20(21)15-16-23(25)26/h3-7,10-13,15-16,18,22,26H,2,8-9,14,17H2,1H3,(H,27,28). The van der Waals surface area contributed by atoms with E-state index in [0.717, 1.165) is 42.0 Å². The van der Waals surface area contributed by atoms with Gasteiger partial charge in [0.25, 0.3) is 0 Å². The van der Waals surface area contributed by atoms with Gasteiger partial charge in [-0.25, -0.2) is 0 Å². The molecule has 146 valence electrons. The number of rotatable bonds is 9. The highest BCUT2D eigenvalue weighted by atomic mass is 16.4. The van der Waals surface area contributed by atoms with E-state index >= 15 is 0 Å². The third-order valence-corrected chi connectivity index (χ3v) is 5.64. The lowest BCUT2D eigenvalue weighted by Crippen LogP contribution is -2.08. The molecule has 3 rings (SSSR count). The van der Waals surface area contributed by atoms with Crippen molar-refractivity contribution in [1.82, 2.24) is 0 Å². The Bertz CT molecular complexity index is 917. The van der Waals surface area contributed by atoms with Crippen LogP contribution in [0.3, 0.4) is 0 Å². The van der Waals surface area contributed by atoms with E-state index in [2.05, 4.69) is 31.2 Å². The largest absolute Gasteiger partial charge is 0.508 e. The predicted molar refractivity (Wildman–Crippen MR) is 114 cm³/mol. The van der Waals surface area contributed by atoms with E-state index in [0.29, 0.717) is 5.75 Å². The molecule has 0 aliphatic heterocycles. The highest BCUT2D eigenvalue weighted by Crippen LogP contribution is 2.40. The second kappa shape index (κ2) is 9.41. The van der Waals surface area contributed by atoms with E-state index in [1.165, 1.54) is 5.56 Å². The van der Waals surface area contributed by atoms with Gasteiger partial charge in [-0.3, -0.25) is 4.79 Å². The molecule has 0 fully saturated rings. The number of carboxylic acid groups (broad SMARTS) is 1. The molecule has 0 saturated heterocycles. The fraction of sp³-hybridized carbons (Fsp3) is 0.320. The molecule has 28 heavy (non-hydrogen) atoms. The van der Waals surface area contributed by atoms with Crippen LogP contribution in [0.15, 0.2) is 66.7 Å². The summed E-state index contributed by atoms with van der Waals surface area (Å²) in [6.45, 7) is 2.05. The maximum absolute atomic E-state index is 11.1. The first kappa shape index (κ1) is 19.9. The van der Waals surface area contributed by atoms with Crippen LogP contribution < -0.4 is 0 Å². The highest BCUT2D eigenvalue weighted by Gasteiger charge is 2.21. The van der Waals surface area contributed by atoms with Crippen LogP contribution in [-0.4, -0.2) is 16.2 Å². The Labute approximate surface area is 166 Å². The minimum atomic E-state index is -0.724. The second-order valence-electron chi connectivity index (χ2n) is 7.49. The molecule has 3 aromatic carbocycles. The molecule has 0 saturated carbocycles. The van der Waals surface area contributed by atoms with E-state index in [1.54, 1.807) is 6.07 Å². The summed E-state index contributed by atoms with van der Waals surface area (Å²) in [5.74, 6) is -0.118. The normalized spacial score (nSPS) is 13.3. The third-order valence-electron chi connectivity index (χ3n) is 5.64. The van der Waals surface area contributed by atoms with E-state index in [4.69, 9.17) is 5.11 Å². The Morgan fingerprint density at radius 2 is 1.64 bits per heavy atom. The van der Waals surface area contributed by atoms with Crippen molar-refractivity contribution in [3.63, 3.8) is 0 Å². The summed E-state index contributed by atoms with van der Waals surface area (Å²) < 4.78 is 0. The Balaban J connectivity index is 1.91. The van der Waals surface area contributed by atoms with Crippen molar-refractivity contribution in [3.8, 4) is 5.75 Å². The van der Waals surface area contributed by atoms with Crippen molar-refractivity contribution in [2.75, 3.05) is 0 Å². The Morgan fingerprint density at radius 1 is 0.929 bits per heavy atom. The highest BCUT2D eigenvalue weighted by molar-refractivity contribution is 5.88. The van der Waals surface area contributed by atoms with Crippen molar-refractivity contribution in [1.29, 1.82) is 0 Å². The molecule has 3 aromatic rings. The molecule has 0 aliphatic carbocycles. The molecule has 2 N–H and O–H groups in total. The quantitative estimate of drug-likeness (QED) is 0.457. The minimum absolute atomic E-state index is 0.0784. The lowest BCUT2D eigenvalue weighted by Gasteiger charge is -2.22. The summed E-state index contributed by atoms with van der Waals surface area (Å²) in [5.41, 5.74) is 2.15. The predicted octanol–water partition coefficient (Wildman–Crippen LogP) is 6.35. The molecule has 0 amide bonds. The maximum atomic E-state index is 11.1. The van der Waals surface area contributed by atoms with Crippen LogP contribution in [0.2, 0.25) is 0 Å². The van der Waals surface area contributed by atoms with Gasteiger partial charge in [0.05, 0.1) is 0 Å². The number of carbonyl (C=O) groups is 1. The zero-order valence-electron chi connectivity index (χ0n) is 16.3. The topological polar surface area (TPSA) is 57.5 Å². The van der Waals surface area contributed by atoms with Gasteiger partial charge in [-0.1, -0.05) is 80.4 Å². The summed E-state index contributed by atoms with van der Waals surface area (Å²) in [6.07, 6.45) is 3.79. The van der Waals surface area contributed by atoms with Crippen molar-refractivity contribution < 1.29 is 15.0 Å². The van der Waals surface area contributed by atoms with Crippen molar-refractivity contribution in [2.24, 2.45) is 5.92 Å². The van der Waals surface area contributed by atoms with E-state index in [-0.39, 0.29) is 18.3 Å². The number of hydrogen-bond donors (Lipinski definition) is 2. The van der Waals surface area contributed by atoms with Crippen LogP contribution in [0.25, 0.3) is 10.8 Å². The first-order valence-corrected chi connectivity index (χ1v) is 10.1. The zero-order chi connectivity index (χ0) is 19.9. The number of phenols is 1. The van der Waals surface area contributed by atoms with E-state index in [9.17, 15) is 9.90 Å². The van der Waals surface area contributed by atoms with Gasteiger partial charge in [0.15, 0.2) is 0 Å². The molecule has 2 unspecified atom stereocenters. The summed E-state index contributed by atoms with van der Waals surface area (Å²) in [5, 5.41) is 22.0. The molecule has 0 heterocycles. The average Bonchev–Trinajstić information content (AvgIpc) is 2.71. The summed E-state index contributed by atoms with van der Waals surface area (Å²) in [7, 11) is 0. The van der Waals surface area contributed by atoms with Crippen LogP contribution in [0.4, 0.5) is 0 Å². The molecule has 3 heteroatoms. The number of phenolic OH excluding ortho intramolecular Hbond substituents is 1. The van der Waals surface area contributed by atoms with E-state index < -0.39 is 5.97 Å². The number of fused-ring (bicyclic) bond motifs is 1. The summed E-state index contributed by atoms with van der Waals surface area (Å²) >= 11 is 0. The van der Waals surface area contributed by atoms with E-state index in [1.807, 2.05) is 36.4 Å². The Kier molecular flexibility index (Phi) is 6.70. The average molecular weight is 376 g/mol. The number of aromatic hydroxyl groups is 1. The van der Waals surface area contributed by atoms with Gasteiger partial charge in [0, 0.05) is 17.9 Å². The number of benzene rings is 3. The first-order valence-electron chi connectivity index (χ1n) is 10.1. The molecular formula is C25H28O3.